The van der Waals surface area contributed by atoms with Crippen LogP contribution in [0.5, 0.6) is 5.75 Å². The van der Waals surface area contributed by atoms with Crippen LogP contribution >= 0.6 is 7.82 Å². The number of carbonyl (C=O) groups excluding carboxylic acids is 2. The largest absolute Gasteiger partial charge is 0.470 e. The van der Waals surface area contributed by atoms with Gasteiger partial charge in [0.1, 0.15) is 23.3 Å². The summed E-state index contributed by atoms with van der Waals surface area (Å²) >= 11 is 0. The van der Waals surface area contributed by atoms with Crippen molar-refractivity contribution in [3.63, 3.8) is 0 Å². The topological polar surface area (TPSA) is 186 Å². The van der Waals surface area contributed by atoms with Crippen LogP contribution in [0, 0.1) is 17.8 Å². The molecule has 0 saturated carbocycles. The highest BCUT2D eigenvalue weighted by molar-refractivity contribution is 7.46. The van der Waals surface area contributed by atoms with E-state index in [2.05, 4.69) is 53.1 Å². The Kier molecular flexibility index (Phi) is 7.73. The monoisotopic (exact) mass is 774 g/mol. The van der Waals surface area contributed by atoms with E-state index >= 15 is 0 Å². The zero-order valence-corrected chi connectivity index (χ0v) is 31.9. The maximum absolute atomic E-state index is 14.4. The number of para-hydroxylation sites is 1. The van der Waals surface area contributed by atoms with Gasteiger partial charge in [0.05, 0.1) is 6.20 Å². The van der Waals surface area contributed by atoms with Crippen LogP contribution < -0.4 is 15.4 Å². The number of phosphoric acid groups is 1. The standard InChI is InChI=1S/C42H39N4O9P/c1-19(2)33-40-45-35-37(54-40)42-27-10-6-9-25(24-8-5-7-22-12-13-26(32(22)24)31-18-43-39(35)52-31)34(27)46-41(42)53-30-14-11-21(16-28(30)42)15-23(38(48)44-33)17-29(47)36(20(3)4)55-56(49,50)51/h5-11,13-14,16,18-20,23,33,36,41,46H,12,15,17H2,1-4H3,(H,44,48)(H2,49,50,51)/t23-,33+,36+,41?,42+/m1/s1. The van der Waals surface area contributed by atoms with E-state index in [1.54, 1.807) is 20.0 Å². The summed E-state index contributed by atoms with van der Waals surface area (Å²) in [5.41, 5.74) is 7.88. The Morgan fingerprint density at radius 2 is 1.84 bits per heavy atom. The third-order valence-corrected chi connectivity index (χ3v) is 12.3. The van der Waals surface area contributed by atoms with Crippen molar-refractivity contribution in [3.8, 4) is 28.5 Å². The van der Waals surface area contributed by atoms with Crippen molar-refractivity contribution in [1.82, 2.24) is 15.3 Å². The second kappa shape index (κ2) is 12.3. The Morgan fingerprint density at radius 3 is 2.62 bits per heavy atom. The number of hydrogen-bond donors (Lipinski definition) is 4. The fourth-order valence-corrected chi connectivity index (χ4v) is 9.93. The molecule has 10 rings (SSSR count). The summed E-state index contributed by atoms with van der Waals surface area (Å²) in [7, 11) is -5.00. The fourth-order valence-electron chi connectivity index (χ4n) is 9.28. The summed E-state index contributed by atoms with van der Waals surface area (Å²) in [5, 5.41) is 6.90. The SMILES string of the molecule is CC(C)[C@H](OP(=O)(O)O)C(=O)C[C@H]1Cc2ccc3c(c2)[C@]24c5cccc(c5NC2O3)-c2cccc3c2C(=CC3)c2cnc(o2)-c2nc(oc24)[C@H](C(C)C)NC1=O. The number of allylic oxidation sites excluding steroid dienone is 1. The number of rotatable bonds is 7. The molecule has 1 spiro atoms. The van der Waals surface area contributed by atoms with E-state index in [0.29, 0.717) is 23.0 Å². The van der Waals surface area contributed by atoms with E-state index in [0.717, 1.165) is 51.1 Å². The molecular formula is C42H39N4O9P. The minimum Gasteiger partial charge on any atom is -0.469 e. The molecule has 3 aromatic carbocycles. The quantitative estimate of drug-likeness (QED) is 0.126. The average Bonchev–Trinajstić information content (AvgIpc) is 3.98. The normalized spacial score (nSPS) is 23.0. The summed E-state index contributed by atoms with van der Waals surface area (Å²) < 4.78 is 37.3. The van der Waals surface area contributed by atoms with Crippen LogP contribution in [-0.4, -0.2) is 43.8 Å². The first kappa shape index (κ1) is 35.1. The van der Waals surface area contributed by atoms with Crippen LogP contribution in [0.15, 0.2) is 75.7 Å². The van der Waals surface area contributed by atoms with Gasteiger partial charge in [-0.05, 0) is 53.0 Å². The number of fused-ring (bicyclic) bond motifs is 7. The lowest BCUT2D eigenvalue weighted by Crippen LogP contribution is -2.41. The summed E-state index contributed by atoms with van der Waals surface area (Å²) in [6.45, 7) is 7.16. The minimum absolute atomic E-state index is 0.144. The van der Waals surface area contributed by atoms with E-state index in [-0.39, 0.29) is 30.5 Å². The molecule has 5 aromatic rings. The van der Waals surface area contributed by atoms with E-state index in [1.165, 1.54) is 5.56 Å². The van der Waals surface area contributed by atoms with Gasteiger partial charge >= 0.3 is 7.82 Å². The summed E-state index contributed by atoms with van der Waals surface area (Å²) in [6.07, 6.45) is 2.37. The van der Waals surface area contributed by atoms with Crippen molar-refractivity contribution < 1.29 is 42.0 Å². The Labute approximate surface area is 321 Å². The molecule has 0 fully saturated rings. The van der Waals surface area contributed by atoms with Gasteiger partial charge in [-0.1, -0.05) is 82.3 Å². The summed E-state index contributed by atoms with van der Waals surface area (Å²) in [6, 6.07) is 17.6. The molecule has 4 aliphatic heterocycles. The highest BCUT2D eigenvalue weighted by Gasteiger charge is 2.62. The van der Waals surface area contributed by atoms with Crippen LogP contribution in [0.3, 0.4) is 0 Å². The minimum atomic E-state index is -5.00. The van der Waals surface area contributed by atoms with Crippen LogP contribution in [0.1, 0.15) is 85.4 Å². The number of aromatic nitrogens is 2. The first-order chi connectivity index (χ1) is 26.8. The summed E-state index contributed by atoms with van der Waals surface area (Å²) in [5.74, 6) is -0.574. The number of nitrogens with zero attached hydrogens (tertiary/aromatic N) is 2. The van der Waals surface area contributed by atoms with Crippen molar-refractivity contribution in [2.75, 3.05) is 5.32 Å². The smallest absolute Gasteiger partial charge is 0.469 e. The number of Topliss-reactive ketones (excluding diaryl/α,β-unsaturated/α-hetero) is 1. The maximum atomic E-state index is 14.4. The van der Waals surface area contributed by atoms with Crippen molar-refractivity contribution in [2.45, 2.75) is 70.7 Å². The lowest BCUT2D eigenvalue weighted by molar-refractivity contribution is -0.134. The number of ether oxygens (including phenoxy) is 1. The second-order valence-electron chi connectivity index (χ2n) is 16.0. The first-order valence-electron chi connectivity index (χ1n) is 18.9. The zero-order chi connectivity index (χ0) is 38.8. The molecule has 5 aliphatic rings. The van der Waals surface area contributed by atoms with E-state index in [4.69, 9.17) is 28.1 Å². The molecule has 0 saturated heterocycles. The molecule has 5 atom stereocenters. The summed E-state index contributed by atoms with van der Waals surface area (Å²) in [4.78, 5) is 57.3. The van der Waals surface area contributed by atoms with Gasteiger partial charge in [-0.25, -0.2) is 14.5 Å². The van der Waals surface area contributed by atoms with Crippen LogP contribution in [0.25, 0.3) is 28.3 Å². The maximum Gasteiger partial charge on any atom is 0.470 e. The fraction of sp³-hybridized carbons (Fsp3) is 0.333. The molecule has 1 aliphatic carbocycles. The van der Waals surface area contributed by atoms with Crippen molar-refractivity contribution in [1.29, 1.82) is 0 Å². The van der Waals surface area contributed by atoms with Gasteiger partial charge in [0.2, 0.25) is 17.7 Å². The van der Waals surface area contributed by atoms with E-state index < -0.39 is 55.1 Å². The zero-order valence-electron chi connectivity index (χ0n) is 31.0. The highest BCUT2D eigenvalue weighted by atomic mass is 31.2. The van der Waals surface area contributed by atoms with Gasteiger partial charge in [0.15, 0.2) is 29.2 Å². The Morgan fingerprint density at radius 1 is 1.04 bits per heavy atom. The van der Waals surface area contributed by atoms with Gasteiger partial charge in [-0.2, -0.15) is 0 Å². The molecular weight excluding hydrogens is 735 g/mol. The van der Waals surface area contributed by atoms with Gasteiger partial charge in [0, 0.05) is 40.3 Å². The molecule has 56 heavy (non-hydrogen) atoms. The van der Waals surface area contributed by atoms with Crippen molar-refractivity contribution in [3.05, 3.63) is 112 Å². The molecule has 4 N–H and O–H groups in total. The van der Waals surface area contributed by atoms with Gasteiger partial charge in [-0.3, -0.25) is 14.1 Å². The third-order valence-electron chi connectivity index (χ3n) is 11.8. The van der Waals surface area contributed by atoms with Crippen LogP contribution in [0.4, 0.5) is 5.69 Å². The lowest BCUT2D eigenvalue weighted by atomic mass is 9.71. The van der Waals surface area contributed by atoms with Crippen LogP contribution in [0.2, 0.25) is 0 Å². The molecule has 13 nitrogen and oxygen atoms in total. The van der Waals surface area contributed by atoms with Crippen molar-refractivity contribution >= 4 is 30.8 Å². The molecule has 1 amide bonds. The number of carbonyl (C=O) groups is 2. The van der Waals surface area contributed by atoms with Gasteiger partial charge in [0.25, 0.3) is 0 Å². The molecule has 14 heteroatoms. The Hall–Kier alpha value is -5.33. The highest BCUT2D eigenvalue weighted by Crippen LogP contribution is 2.61. The predicted molar refractivity (Wildman–Crippen MR) is 203 cm³/mol. The van der Waals surface area contributed by atoms with Gasteiger partial charge in [-0.15, -0.1) is 0 Å². The predicted octanol–water partition coefficient (Wildman–Crippen LogP) is 6.85. The third kappa shape index (κ3) is 5.14. The number of benzene rings is 3. The molecule has 1 unspecified atom stereocenters. The van der Waals surface area contributed by atoms with Crippen molar-refractivity contribution in [2.24, 2.45) is 17.8 Å². The molecule has 2 aromatic heterocycles. The lowest BCUT2D eigenvalue weighted by Gasteiger charge is -2.29. The van der Waals surface area contributed by atoms with Crippen LogP contribution in [-0.2, 0) is 36.9 Å². The number of amides is 1. The molecule has 0 radical (unpaired) electrons. The Balaban J connectivity index is 1.22. The number of phosphoric ester groups is 1. The number of anilines is 1. The van der Waals surface area contributed by atoms with E-state index in [9.17, 15) is 23.9 Å². The number of ketones is 1. The molecule has 286 valence electrons. The average molecular weight is 775 g/mol. The first-order valence-corrected chi connectivity index (χ1v) is 20.4. The van der Waals surface area contributed by atoms with E-state index in [1.807, 2.05) is 32.0 Å². The molecule has 6 heterocycles. The second-order valence-corrected chi connectivity index (χ2v) is 17.2. The molecule has 10 bridgehead atoms. The van der Waals surface area contributed by atoms with Gasteiger partial charge < -0.3 is 34.0 Å². The number of nitrogens with one attached hydrogen (secondary N) is 2. The number of oxazole rings is 2. The Bertz CT molecular complexity index is 2580. The number of hydrogen-bond acceptors (Lipinski definition) is 10.